The molecule has 1 aromatic carbocycles. The number of nitrogens with zero attached hydrogens (tertiary/aromatic N) is 1. The van der Waals surface area contributed by atoms with Crippen molar-refractivity contribution in [2.75, 3.05) is 17.8 Å². The van der Waals surface area contributed by atoms with E-state index in [1.807, 2.05) is 12.1 Å². The minimum Gasteiger partial charge on any atom is -0.491 e. The molecule has 1 atom stereocenters. The van der Waals surface area contributed by atoms with E-state index in [2.05, 4.69) is 10.5 Å². The van der Waals surface area contributed by atoms with Crippen LogP contribution in [0.25, 0.3) is 0 Å². The van der Waals surface area contributed by atoms with Crippen molar-refractivity contribution in [3.05, 3.63) is 28.7 Å². The molecular formula is C12H13ClN2O3. The summed E-state index contributed by atoms with van der Waals surface area (Å²) in [6.45, 7) is 0.150. The number of amides is 1. The van der Waals surface area contributed by atoms with Gasteiger partial charge in [-0.05, 0) is 18.6 Å². The van der Waals surface area contributed by atoms with Gasteiger partial charge in [0.05, 0.1) is 5.88 Å². The van der Waals surface area contributed by atoms with E-state index in [4.69, 9.17) is 16.3 Å². The Balaban J connectivity index is 2.12. The Hall–Kier alpha value is -1.62. The van der Waals surface area contributed by atoms with Crippen LogP contribution in [0.3, 0.4) is 0 Å². The van der Waals surface area contributed by atoms with Gasteiger partial charge in [0.1, 0.15) is 18.4 Å². The topological polar surface area (TPSA) is 67.8 Å². The van der Waals surface area contributed by atoms with E-state index in [0.29, 0.717) is 18.6 Å². The lowest BCUT2D eigenvalue weighted by molar-refractivity contribution is -0.116. The summed E-state index contributed by atoms with van der Waals surface area (Å²) in [5.74, 6) is 0.814. The summed E-state index contributed by atoms with van der Waals surface area (Å²) >= 11 is 5.57. The highest BCUT2D eigenvalue weighted by molar-refractivity contribution is 6.18. The number of benzene rings is 1. The summed E-state index contributed by atoms with van der Waals surface area (Å²) in [6, 6.07) is 4.88. The summed E-state index contributed by atoms with van der Waals surface area (Å²) in [7, 11) is 0. The van der Waals surface area contributed by atoms with Crippen LogP contribution in [0, 0.1) is 4.91 Å². The van der Waals surface area contributed by atoms with E-state index in [0.717, 1.165) is 11.3 Å². The van der Waals surface area contributed by atoms with Crippen LogP contribution in [0.4, 0.5) is 5.69 Å². The highest BCUT2D eigenvalue weighted by Gasteiger charge is 2.19. The number of carbonyl (C=O) groups excluding carboxylic acids is 1. The van der Waals surface area contributed by atoms with Crippen molar-refractivity contribution in [3.63, 3.8) is 0 Å². The summed E-state index contributed by atoms with van der Waals surface area (Å²) in [5, 5.41) is 5.65. The smallest absolute Gasteiger partial charge is 0.224 e. The first-order valence-electron chi connectivity index (χ1n) is 5.67. The fraction of sp³-hybridized carbons (Fsp3) is 0.417. The van der Waals surface area contributed by atoms with E-state index in [-0.39, 0.29) is 18.4 Å². The van der Waals surface area contributed by atoms with Gasteiger partial charge in [-0.2, -0.15) is 4.91 Å². The zero-order valence-electron chi connectivity index (χ0n) is 9.69. The van der Waals surface area contributed by atoms with Crippen molar-refractivity contribution in [2.45, 2.75) is 18.9 Å². The Morgan fingerprint density at radius 2 is 2.28 bits per heavy atom. The van der Waals surface area contributed by atoms with Gasteiger partial charge in [-0.3, -0.25) is 4.79 Å². The standard InChI is InChI=1S/C12H13ClN2O3/c13-6-8(15-17)7-18-11-3-1-2-10-9(11)4-5-12(16)14-10/h1-3,8H,4-7H2,(H,14,16). The van der Waals surface area contributed by atoms with E-state index in [9.17, 15) is 9.70 Å². The molecule has 0 saturated heterocycles. The normalized spacial score (nSPS) is 15.5. The highest BCUT2D eigenvalue weighted by atomic mass is 35.5. The zero-order valence-corrected chi connectivity index (χ0v) is 10.4. The fourth-order valence-corrected chi connectivity index (χ4v) is 1.96. The first kappa shape index (κ1) is 12.8. The molecule has 1 aliphatic heterocycles. The Morgan fingerprint density at radius 3 is 3.00 bits per heavy atom. The number of fused-ring (bicyclic) bond motifs is 1. The SMILES string of the molecule is O=NC(CCl)COc1cccc2c1CCC(=O)N2. The summed E-state index contributed by atoms with van der Waals surface area (Å²) in [5.41, 5.74) is 1.72. The van der Waals surface area contributed by atoms with Gasteiger partial charge in [-0.15, -0.1) is 11.6 Å². The molecule has 5 nitrogen and oxygen atoms in total. The van der Waals surface area contributed by atoms with Crippen LogP contribution in [-0.2, 0) is 11.2 Å². The first-order chi connectivity index (χ1) is 8.74. The van der Waals surface area contributed by atoms with Gasteiger partial charge >= 0.3 is 0 Å². The lowest BCUT2D eigenvalue weighted by atomic mass is 10.0. The number of rotatable bonds is 5. The third-order valence-corrected chi connectivity index (χ3v) is 3.12. The van der Waals surface area contributed by atoms with E-state index < -0.39 is 6.04 Å². The number of hydrogen-bond donors (Lipinski definition) is 1. The molecule has 1 amide bonds. The number of halogens is 1. The average Bonchev–Trinajstić information content (AvgIpc) is 2.39. The maximum Gasteiger partial charge on any atom is 0.224 e. The van der Waals surface area contributed by atoms with Gasteiger partial charge in [0, 0.05) is 17.7 Å². The minimum atomic E-state index is -0.555. The van der Waals surface area contributed by atoms with Crippen molar-refractivity contribution in [1.82, 2.24) is 0 Å². The quantitative estimate of drug-likeness (QED) is 0.658. The molecule has 1 heterocycles. The number of nitroso groups, excluding NO2 is 1. The average molecular weight is 269 g/mol. The maximum atomic E-state index is 11.3. The highest BCUT2D eigenvalue weighted by Crippen LogP contribution is 2.31. The molecule has 0 saturated carbocycles. The zero-order chi connectivity index (χ0) is 13.0. The molecule has 0 aromatic heterocycles. The van der Waals surface area contributed by atoms with Gasteiger partial charge in [0.25, 0.3) is 0 Å². The van der Waals surface area contributed by atoms with E-state index >= 15 is 0 Å². The first-order valence-corrected chi connectivity index (χ1v) is 6.21. The molecule has 1 aliphatic rings. The summed E-state index contributed by atoms with van der Waals surface area (Å²) < 4.78 is 5.55. The maximum absolute atomic E-state index is 11.3. The Bertz CT molecular complexity index is 465. The molecule has 0 bridgehead atoms. The van der Waals surface area contributed by atoms with Crippen molar-refractivity contribution >= 4 is 23.2 Å². The fourth-order valence-electron chi connectivity index (χ4n) is 1.82. The van der Waals surface area contributed by atoms with Gasteiger partial charge in [-0.25, -0.2) is 0 Å². The van der Waals surface area contributed by atoms with Crippen molar-refractivity contribution < 1.29 is 9.53 Å². The molecule has 2 rings (SSSR count). The number of anilines is 1. The largest absolute Gasteiger partial charge is 0.491 e. The van der Waals surface area contributed by atoms with Crippen LogP contribution in [0.2, 0.25) is 0 Å². The molecule has 0 spiro atoms. The number of hydrogen-bond acceptors (Lipinski definition) is 4. The van der Waals surface area contributed by atoms with Crippen LogP contribution in [0.5, 0.6) is 5.75 Å². The van der Waals surface area contributed by atoms with Crippen LogP contribution < -0.4 is 10.1 Å². The molecule has 18 heavy (non-hydrogen) atoms. The lowest BCUT2D eigenvalue weighted by Gasteiger charge is -2.20. The lowest BCUT2D eigenvalue weighted by Crippen LogP contribution is -2.21. The van der Waals surface area contributed by atoms with Crippen molar-refractivity contribution in [3.8, 4) is 5.75 Å². The molecule has 6 heteroatoms. The van der Waals surface area contributed by atoms with E-state index in [1.54, 1.807) is 6.07 Å². The molecular weight excluding hydrogens is 256 g/mol. The minimum absolute atomic E-state index is 0.00726. The van der Waals surface area contributed by atoms with Gasteiger partial charge < -0.3 is 10.1 Å². The monoisotopic (exact) mass is 268 g/mol. The second-order valence-electron chi connectivity index (χ2n) is 4.05. The Kier molecular flexibility index (Phi) is 4.15. The molecule has 1 aromatic rings. The molecule has 0 aliphatic carbocycles. The predicted octanol–water partition coefficient (Wildman–Crippen LogP) is 2.32. The van der Waals surface area contributed by atoms with Crippen LogP contribution >= 0.6 is 11.6 Å². The Morgan fingerprint density at radius 1 is 1.44 bits per heavy atom. The molecule has 96 valence electrons. The van der Waals surface area contributed by atoms with Gasteiger partial charge in [-0.1, -0.05) is 11.2 Å². The number of ether oxygens (including phenoxy) is 1. The van der Waals surface area contributed by atoms with Crippen LogP contribution in [0.15, 0.2) is 23.4 Å². The number of alkyl halides is 1. The molecule has 1 N–H and O–H groups in total. The third kappa shape index (κ3) is 2.79. The summed E-state index contributed by atoms with van der Waals surface area (Å²) in [4.78, 5) is 21.7. The number of nitrogens with one attached hydrogen (secondary N) is 1. The van der Waals surface area contributed by atoms with Crippen LogP contribution in [-0.4, -0.2) is 24.4 Å². The number of carbonyl (C=O) groups is 1. The second kappa shape index (κ2) is 5.82. The van der Waals surface area contributed by atoms with Crippen molar-refractivity contribution in [2.24, 2.45) is 5.18 Å². The summed E-state index contributed by atoms with van der Waals surface area (Å²) in [6.07, 6.45) is 1.08. The second-order valence-corrected chi connectivity index (χ2v) is 4.36. The van der Waals surface area contributed by atoms with Gasteiger partial charge in [0.15, 0.2) is 0 Å². The molecule has 0 radical (unpaired) electrons. The third-order valence-electron chi connectivity index (χ3n) is 2.77. The molecule has 1 unspecified atom stereocenters. The van der Waals surface area contributed by atoms with Gasteiger partial charge in [0.2, 0.25) is 5.91 Å². The van der Waals surface area contributed by atoms with Crippen LogP contribution in [0.1, 0.15) is 12.0 Å². The Labute approximate surface area is 109 Å². The molecule has 0 fully saturated rings. The predicted molar refractivity (Wildman–Crippen MR) is 69.2 cm³/mol. The van der Waals surface area contributed by atoms with Crippen molar-refractivity contribution in [1.29, 1.82) is 0 Å². The van der Waals surface area contributed by atoms with E-state index in [1.165, 1.54) is 0 Å².